The summed E-state index contributed by atoms with van der Waals surface area (Å²) in [6.07, 6.45) is 9.91. The zero-order valence-electron chi connectivity index (χ0n) is 31.1. The highest BCUT2D eigenvalue weighted by Crippen LogP contribution is 2.38. The van der Waals surface area contributed by atoms with Crippen molar-refractivity contribution in [1.29, 1.82) is 0 Å². The lowest BCUT2D eigenvalue weighted by Crippen LogP contribution is -2.56. The SMILES string of the molecule is CC[C@@H](N(NC(=O)c1ccc(B2OC(C)(C)C(C)(C)O2)c(OCCOC2CCCCO2)c1C)C(=O)C1=CC(C)=CC(C)=CC1)C(C)(C)C. The van der Waals surface area contributed by atoms with Crippen LogP contribution < -0.4 is 15.6 Å². The number of hydrogen-bond donors (Lipinski definition) is 1. The van der Waals surface area contributed by atoms with Gasteiger partial charge in [-0.25, -0.2) is 5.01 Å². The van der Waals surface area contributed by atoms with Gasteiger partial charge in [0.05, 0.1) is 23.9 Å². The molecule has 1 aromatic carbocycles. The normalized spacial score (nSPS) is 21.4. The van der Waals surface area contributed by atoms with E-state index in [0.29, 0.717) is 54.0 Å². The predicted octanol–water partition coefficient (Wildman–Crippen LogP) is 6.74. The van der Waals surface area contributed by atoms with Crippen LogP contribution in [0, 0.1) is 12.3 Å². The molecule has 4 rings (SSSR count). The summed E-state index contributed by atoms with van der Waals surface area (Å²) >= 11 is 0. The molecule has 1 N–H and O–H groups in total. The summed E-state index contributed by atoms with van der Waals surface area (Å²) in [7, 11) is -0.693. The fourth-order valence-electron chi connectivity index (χ4n) is 6.46. The molecule has 48 heavy (non-hydrogen) atoms. The number of ether oxygens (including phenoxy) is 3. The molecular weight excluding hydrogens is 607 g/mol. The Morgan fingerprint density at radius 3 is 2.31 bits per heavy atom. The third-order valence-corrected chi connectivity index (χ3v) is 9.87. The van der Waals surface area contributed by atoms with Crippen molar-refractivity contribution < 1.29 is 33.1 Å². The molecule has 9 nitrogen and oxygen atoms in total. The number of hydrogen-bond acceptors (Lipinski definition) is 7. The van der Waals surface area contributed by atoms with Gasteiger partial charge in [-0.2, -0.15) is 0 Å². The summed E-state index contributed by atoms with van der Waals surface area (Å²) in [5.41, 5.74) is 6.05. The number of hydrazine groups is 1. The molecule has 2 amide bonds. The van der Waals surface area contributed by atoms with E-state index in [2.05, 4.69) is 32.3 Å². The number of nitrogens with zero attached hydrogens (tertiary/aromatic N) is 1. The van der Waals surface area contributed by atoms with Crippen LogP contribution in [0.5, 0.6) is 5.75 Å². The van der Waals surface area contributed by atoms with Crippen molar-refractivity contribution >= 4 is 24.4 Å². The zero-order chi connectivity index (χ0) is 35.4. The standard InChI is InChI=1S/C38H57BN2O7/c1-12-31(36(5,6)7)41(35(43)28-17-16-25(2)23-26(3)24-28)40-34(42)29-18-19-30(39-47-37(8,9)38(10,11)48-39)33(27(29)4)46-22-21-45-32-15-13-14-20-44-32/h16,18-19,23-24,31-32H,12-15,17,20-22H2,1-11H3,(H,40,42)/t31-,32?/m1/s1. The lowest BCUT2D eigenvalue weighted by atomic mass is 9.76. The first kappa shape index (κ1) is 37.9. The molecule has 2 atom stereocenters. The summed E-state index contributed by atoms with van der Waals surface area (Å²) in [5, 5.41) is 1.54. The van der Waals surface area contributed by atoms with Gasteiger partial charge < -0.3 is 23.5 Å². The van der Waals surface area contributed by atoms with Crippen LogP contribution in [0.4, 0.5) is 0 Å². The Morgan fingerprint density at radius 1 is 1.02 bits per heavy atom. The first-order valence-corrected chi connectivity index (χ1v) is 17.5. The lowest BCUT2D eigenvalue weighted by molar-refractivity contribution is -0.165. The molecule has 2 aliphatic heterocycles. The van der Waals surface area contributed by atoms with E-state index in [1.165, 1.54) is 5.01 Å². The van der Waals surface area contributed by atoms with E-state index in [1.807, 2.05) is 73.6 Å². The van der Waals surface area contributed by atoms with Gasteiger partial charge in [0.25, 0.3) is 11.8 Å². The molecule has 3 aliphatic rings. The maximum Gasteiger partial charge on any atom is 0.498 e. The van der Waals surface area contributed by atoms with Gasteiger partial charge in [-0.05, 0) is 92.1 Å². The molecule has 0 radical (unpaired) electrons. The fraction of sp³-hybridized carbons (Fsp3) is 0.632. The van der Waals surface area contributed by atoms with Gasteiger partial charge in [0.15, 0.2) is 6.29 Å². The van der Waals surface area contributed by atoms with Crippen molar-refractivity contribution in [3.8, 4) is 5.75 Å². The van der Waals surface area contributed by atoms with E-state index >= 15 is 0 Å². The molecule has 1 aliphatic carbocycles. The van der Waals surface area contributed by atoms with Gasteiger partial charge in [0.2, 0.25) is 0 Å². The van der Waals surface area contributed by atoms with Gasteiger partial charge in [-0.3, -0.25) is 15.0 Å². The van der Waals surface area contributed by atoms with Crippen LogP contribution in [0.15, 0.2) is 47.1 Å². The van der Waals surface area contributed by atoms with Crippen LogP contribution in [0.3, 0.4) is 0 Å². The fourth-order valence-corrected chi connectivity index (χ4v) is 6.46. The highest BCUT2D eigenvalue weighted by molar-refractivity contribution is 6.63. The summed E-state index contributed by atoms with van der Waals surface area (Å²) in [5.74, 6) is -0.106. The number of carbonyl (C=O) groups is 2. The Labute approximate surface area is 288 Å². The van der Waals surface area contributed by atoms with Crippen molar-refractivity contribution in [2.24, 2.45) is 5.41 Å². The maximum absolute atomic E-state index is 14.2. The minimum absolute atomic E-state index is 0.214. The molecule has 2 saturated heterocycles. The number of rotatable bonds is 10. The average Bonchev–Trinajstić information content (AvgIpc) is 3.10. The van der Waals surface area contributed by atoms with E-state index < -0.39 is 24.2 Å². The van der Waals surface area contributed by atoms with E-state index in [9.17, 15) is 9.59 Å². The number of benzene rings is 1. The van der Waals surface area contributed by atoms with Crippen molar-refractivity contribution in [3.05, 3.63) is 58.2 Å². The molecule has 0 aromatic heterocycles. The molecule has 0 spiro atoms. The smallest absolute Gasteiger partial charge is 0.491 e. The summed E-state index contributed by atoms with van der Waals surface area (Å²) in [6, 6.07) is 3.33. The van der Waals surface area contributed by atoms with Crippen molar-refractivity contribution in [1.82, 2.24) is 10.4 Å². The van der Waals surface area contributed by atoms with E-state index in [-0.39, 0.29) is 30.3 Å². The first-order valence-electron chi connectivity index (χ1n) is 17.5. The molecular formula is C38H57BN2O7. The molecule has 1 aromatic rings. The Hall–Kier alpha value is -2.92. The van der Waals surface area contributed by atoms with Gasteiger partial charge in [-0.1, -0.05) is 63.1 Å². The Morgan fingerprint density at radius 2 is 1.71 bits per heavy atom. The Bertz CT molecular complexity index is 1420. The topological polar surface area (TPSA) is 95.6 Å². The van der Waals surface area contributed by atoms with Crippen molar-refractivity contribution in [3.63, 3.8) is 0 Å². The second-order valence-corrected chi connectivity index (χ2v) is 15.4. The molecule has 0 bridgehead atoms. The van der Waals surface area contributed by atoms with Crippen LogP contribution in [0.2, 0.25) is 0 Å². The number of amides is 2. The largest absolute Gasteiger partial charge is 0.498 e. The van der Waals surface area contributed by atoms with Gasteiger partial charge in [0.1, 0.15) is 12.4 Å². The molecule has 1 unspecified atom stereocenters. The summed E-state index contributed by atoms with van der Waals surface area (Å²) < 4.78 is 30.8. The zero-order valence-corrected chi connectivity index (χ0v) is 31.1. The van der Waals surface area contributed by atoms with Crippen LogP contribution in [-0.2, 0) is 23.6 Å². The van der Waals surface area contributed by atoms with Crippen molar-refractivity contribution in [2.45, 2.75) is 132 Å². The second kappa shape index (κ2) is 15.3. The van der Waals surface area contributed by atoms with E-state index in [4.69, 9.17) is 23.5 Å². The predicted molar refractivity (Wildman–Crippen MR) is 190 cm³/mol. The van der Waals surface area contributed by atoms with Gasteiger partial charge >= 0.3 is 7.12 Å². The van der Waals surface area contributed by atoms with Crippen LogP contribution in [-0.4, -0.2) is 67.3 Å². The monoisotopic (exact) mass is 664 g/mol. The van der Waals surface area contributed by atoms with Gasteiger partial charge in [0, 0.05) is 28.8 Å². The third-order valence-electron chi connectivity index (χ3n) is 9.87. The van der Waals surface area contributed by atoms with E-state index in [1.54, 1.807) is 6.07 Å². The minimum Gasteiger partial charge on any atom is -0.491 e. The highest BCUT2D eigenvalue weighted by Gasteiger charge is 2.52. The Balaban J connectivity index is 1.66. The minimum atomic E-state index is -0.693. The lowest BCUT2D eigenvalue weighted by Gasteiger charge is -2.40. The van der Waals surface area contributed by atoms with Gasteiger partial charge in [-0.15, -0.1) is 0 Å². The highest BCUT2D eigenvalue weighted by atomic mass is 16.7. The number of carbonyl (C=O) groups excluding carboxylic acids is 2. The maximum atomic E-state index is 14.2. The van der Waals surface area contributed by atoms with Crippen LogP contribution >= 0.6 is 0 Å². The van der Waals surface area contributed by atoms with Crippen LogP contribution in [0.25, 0.3) is 0 Å². The van der Waals surface area contributed by atoms with Crippen LogP contribution in [0.1, 0.15) is 117 Å². The molecule has 0 saturated carbocycles. The molecule has 2 heterocycles. The van der Waals surface area contributed by atoms with Crippen molar-refractivity contribution in [2.75, 3.05) is 19.8 Å². The van der Waals surface area contributed by atoms with E-state index in [0.717, 1.165) is 30.4 Å². The quantitative estimate of drug-likeness (QED) is 0.168. The molecule has 10 heteroatoms. The molecule has 264 valence electrons. The second-order valence-electron chi connectivity index (χ2n) is 15.4. The summed E-state index contributed by atoms with van der Waals surface area (Å²) in [4.78, 5) is 28.4. The molecule has 2 fully saturated rings. The first-order chi connectivity index (χ1) is 22.4. The Kier molecular flexibility index (Phi) is 12.1. The number of allylic oxidation sites excluding steroid dienone is 5. The average molecular weight is 665 g/mol. The third kappa shape index (κ3) is 8.81. The number of nitrogens with one attached hydrogen (secondary N) is 1. The summed E-state index contributed by atoms with van der Waals surface area (Å²) in [6.45, 7) is 23.4.